The third kappa shape index (κ3) is 2.74. The number of hydrogen-bond donors (Lipinski definition) is 0. The maximum atomic E-state index is 6.35. The number of likely N-dealkylation sites (N-methyl/N-ethyl adjacent to an activating group) is 1. The fourth-order valence-corrected chi connectivity index (χ4v) is 4.29. The van der Waals surface area contributed by atoms with Crippen LogP contribution in [-0.2, 0) is 6.42 Å². The Morgan fingerprint density at radius 1 is 1.28 bits per heavy atom. The van der Waals surface area contributed by atoms with Gasteiger partial charge in [0, 0.05) is 17.1 Å². The van der Waals surface area contributed by atoms with Gasteiger partial charge in [-0.3, -0.25) is 4.90 Å². The zero-order chi connectivity index (χ0) is 20.1. The summed E-state index contributed by atoms with van der Waals surface area (Å²) in [6, 6.07) is 7.54. The lowest BCUT2D eigenvalue weighted by molar-refractivity contribution is 0.170. The molecule has 0 bridgehead atoms. The first-order chi connectivity index (χ1) is 14.1. The first-order valence-electron chi connectivity index (χ1n) is 9.33. The predicted molar refractivity (Wildman–Crippen MR) is 106 cm³/mol. The van der Waals surface area contributed by atoms with Gasteiger partial charge in [-0.05, 0) is 60.1 Å². The highest BCUT2D eigenvalue weighted by Gasteiger charge is 2.37. The van der Waals surface area contributed by atoms with Crippen LogP contribution in [0.3, 0.4) is 0 Å². The number of tetrazole rings is 1. The van der Waals surface area contributed by atoms with Gasteiger partial charge < -0.3 is 14.2 Å². The van der Waals surface area contributed by atoms with E-state index in [4.69, 9.17) is 25.8 Å². The second-order valence-electron chi connectivity index (χ2n) is 7.18. The molecule has 1 aromatic heterocycles. The number of aromatic nitrogens is 4. The molecule has 5 rings (SSSR count). The Hall–Kier alpha value is -2.84. The summed E-state index contributed by atoms with van der Waals surface area (Å²) in [5, 5.41) is 13.3. The highest BCUT2D eigenvalue weighted by molar-refractivity contribution is 6.31. The lowest BCUT2D eigenvalue weighted by Gasteiger charge is -2.34. The largest absolute Gasteiger partial charge is 0.492 e. The van der Waals surface area contributed by atoms with E-state index in [1.54, 1.807) is 11.8 Å². The molecule has 0 saturated heterocycles. The molecule has 0 aliphatic carbocycles. The van der Waals surface area contributed by atoms with Crippen LogP contribution in [0.1, 0.15) is 28.6 Å². The summed E-state index contributed by atoms with van der Waals surface area (Å²) >= 11 is 6.35. The highest BCUT2D eigenvalue weighted by Crippen LogP contribution is 2.50. The number of ether oxygens (including phenoxy) is 3. The van der Waals surface area contributed by atoms with Crippen molar-refractivity contribution < 1.29 is 14.2 Å². The predicted octanol–water partition coefficient (Wildman–Crippen LogP) is 2.94. The maximum absolute atomic E-state index is 6.35. The summed E-state index contributed by atoms with van der Waals surface area (Å²) in [5.41, 5.74) is 3.91. The lowest BCUT2D eigenvalue weighted by Crippen LogP contribution is -2.35. The summed E-state index contributed by atoms with van der Waals surface area (Å²) in [6.07, 6.45) is 0.868. The van der Waals surface area contributed by atoms with E-state index in [-0.39, 0.29) is 12.8 Å². The van der Waals surface area contributed by atoms with Crippen LogP contribution in [0.5, 0.6) is 17.2 Å². The second kappa shape index (κ2) is 6.89. The van der Waals surface area contributed by atoms with Crippen LogP contribution >= 0.6 is 11.6 Å². The molecule has 0 radical (unpaired) electrons. The molecule has 0 fully saturated rings. The third-order valence-corrected chi connectivity index (χ3v) is 6.01. The molecule has 3 aromatic rings. The molecular weight excluding hydrogens is 394 g/mol. The van der Waals surface area contributed by atoms with Crippen LogP contribution < -0.4 is 14.2 Å². The van der Waals surface area contributed by atoms with Crippen molar-refractivity contribution in [3.63, 3.8) is 0 Å². The van der Waals surface area contributed by atoms with Crippen molar-refractivity contribution in [3.8, 4) is 22.9 Å². The summed E-state index contributed by atoms with van der Waals surface area (Å²) in [5.74, 6) is 2.71. The van der Waals surface area contributed by atoms with E-state index in [0.717, 1.165) is 35.3 Å². The van der Waals surface area contributed by atoms with E-state index in [2.05, 4.69) is 27.5 Å². The molecule has 0 amide bonds. The number of halogens is 1. The minimum Gasteiger partial charge on any atom is -0.492 e. The fourth-order valence-electron chi connectivity index (χ4n) is 4.12. The molecule has 0 saturated carbocycles. The molecule has 9 heteroatoms. The van der Waals surface area contributed by atoms with Crippen LogP contribution in [0, 0.1) is 6.92 Å². The van der Waals surface area contributed by atoms with E-state index in [1.165, 1.54) is 0 Å². The van der Waals surface area contributed by atoms with Crippen molar-refractivity contribution in [2.75, 3.05) is 27.5 Å². The van der Waals surface area contributed by atoms with Crippen LogP contribution in [-0.4, -0.2) is 52.6 Å². The van der Waals surface area contributed by atoms with Crippen molar-refractivity contribution in [1.29, 1.82) is 0 Å². The molecule has 150 valence electrons. The summed E-state index contributed by atoms with van der Waals surface area (Å²) in [6.45, 7) is 3.00. The molecule has 8 nitrogen and oxygen atoms in total. The molecule has 1 atom stereocenters. The molecular formula is C20H20ClN5O3. The van der Waals surface area contributed by atoms with Crippen molar-refractivity contribution in [2.45, 2.75) is 19.4 Å². The molecule has 29 heavy (non-hydrogen) atoms. The Balaban J connectivity index is 1.72. The normalized spacial score (nSPS) is 18.0. The summed E-state index contributed by atoms with van der Waals surface area (Å²) in [7, 11) is 3.70. The number of hydrogen-bond acceptors (Lipinski definition) is 7. The lowest BCUT2D eigenvalue weighted by atomic mass is 9.90. The SMILES string of the molecule is COc1c2c(cc3c1[C@H](c1nnnn1-c1cccc(Cl)c1C)N(C)CC3)OCO2. The number of rotatable bonds is 3. The van der Waals surface area contributed by atoms with Crippen molar-refractivity contribution in [3.05, 3.63) is 51.8 Å². The zero-order valence-corrected chi connectivity index (χ0v) is 17.1. The van der Waals surface area contributed by atoms with Gasteiger partial charge in [0.25, 0.3) is 0 Å². The Bertz CT molecular complexity index is 1100. The number of nitrogens with zero attached hydrogens (tertiary/aromatic N) is 5. The number of benzene rings is 2. The first-order valence-corrected chi connectivity index (χ1v) is 9.71. The van der Waals surface area contributed by atoms with Gasteiger partial charge in [-0.2, -0.15) is 4.68 Å². The van der Waals surface area contributed by atoms with Gasteiger partial charge in [0.1, 0.15) is 6.04 Å². The highest BCUT2D eigenvalue weighted by atomic mass is 35.5. The first kappa shape index (κ1) is 18.2. The van der Waals surface area contributed by atoms with Gasteiger partial charge in [0.05, 0.1) is 12.8 Å². The molecule has 2 aliphatic rings. The van der Waals surface area contributed by atoms with E-state index in [9.17, 15) is 0 Å². The van der Waals surface area contributed by atoms with E-state index in [0.29, 0.717) is 28.1 Å². The second-order valence-corrected chi connectivity index (χ2v) is 7.59. The topological polar surface area (TPSA) is 74.5 Å². The standard InChI is InChI=1S/C20H20ClN5O3/c1-11-13(21)5-4-6-14(11)26-20(22-23-24-26)17-16-12(7-8-25(17)2)9-15-18(19(16)27-3)29-10-28-15/h4-6,9,17H,7-8,10H2,1-3H3/t17-/m1/s1. The number of fused-ring (bicyclic) bond motifs is 2. The fraction of sp³-hybridized carbons (Fsp3) is 0.350. The van der Waals surface area contributed by atoms with Gasteiger partial charge in [0.15, 0.2) is 17.3 Å². The molecule has 0 N–H and O–H groups in total. The molecule has 0 unspecified atom stereocenters. The van der Waals surface area contributed by atoms with Gasteiger partial charge in [0.2, 0.25) is 12.5 Å². The van der Waals surface area contributed by atoms with Crippen LogP contribution in [0.15, 0.2) is 24.3 Å². The van der Waals surface area contributed by atoms with Crippen LogP contribution in [0.25, 0.3) is 5.69 Å². The maximum Gasteiger partial charge on any atom is 0.231 e. The van der Waals surface area contributed by atoms with Gasteiger partial charge in [-0.15, -0.1) is 5.10 Å². The van der Waals surface area contributed by atoms with Gasteiger partial charge in [-0.25, -0.2) is 0 Å². The van der Waals surface area contributed by atoms with Crippen molar-refractivity contribution in [1.82, 2.24) is 25.1 Å². The minimum absolute atomic E-state index is 0.189. The van der Waals surface area contributed by atoms with E-state index >= 15 is 0 Å². The molecule has 2 aliphatic heterocycles. The van der Waals surface area contributed by atoms with Crippen LogP contribution in [0.2, 0.25) is 5.02 Å². The Labute approximate surface area is 172 Å². The molecule has 3 heterocycles. The average molecular weight is 414 g/mol. The minimum atomic E-state index is -0.211. The molecule has 0 spiro atoms. The number of methoxy groups -OCH3 is 1. The van der Waals surface area contributed by atoms with Crippen molar-refractivity contribution >= 4 is 11.6 Å². The van der Waals surface area contributed by atoms with Crippen molar-refractivity contribution in [2.24, 2.45) is 0 Å². The summed E-state index contributed by atoms with van der Waals surface area (Å²) in [4.78, 5) is 2.22. The van der Waals surface area contributed by atoms with Crippen LogP contribution in [0.4, 0.5) is 0 Å². The van der Waals surface area contributed by atoms with E-state index < -0.39 is 0 Å². The average Bonchev–Trinajstić information content (AvgIpc) is 3.38. The Morgan fingerprint density at radius 2 is 2.14 bits per heavy atom. The van der Waals surface area contributed by atoms with Gasteiger partial charge >= 0.3 is 0 Å². The quantitative estimate of drug-likeness (QED) is 0.653. The molecule has 2 aromatic carbocycles. The zero-order valence-electron chi connectivity index (χ0n) is 16.3. The third-order valence-electron chi connectivity index (χ3n) is 5.60. The Kier molecular flexibility index (Phi) is 4.33. The monoisotopic (exact) mass is 413 g/mol. The smallest absolute Gasteiger partial charge is 0.231 e. The summed E-state index contributed by atoms with van der Waals surface area (Å²) < 4.78 is 18.8. The van der Waals surface area contributed by atoms with Gasteiger partial charge in [-0.1, -0.05) is 17.7 Å². The Morgan fingerprint density at radius 3 is 2.97 bits per heavy atom. The van der Waals surface area contributed by atoms with E-state index in [1.807, 2.05) is 31.2 Å².